The summed E-state index contributed by atoms with van der Waals surface area (Å²) in [5, 5.41) is 0. The highest BCUT2D eigenvalue weighted by Crippen LogP contribution is 2.43. The van der Waals surface area contributed by atoms with E-state index in [1.165, 1.54) is 56.9 Å². The number of benzene rings is 1. The van der Waals surface area contributed by atoms with E-state index in [1.54, 1.807) is 5.56 Å². The second-order valence-corrected chi connectivity index (χ2v) is 9.56. The second-order valence-electron chi connectivity index (χ2n) is 9.56. The van der Waals surface area contributed by atoms with E-state index in [4.69, 9.17) is 0 Å². The number of halogens is 1. The molecule has 0 bridgehead atoms. The van der Waals surface area contributed by atoms with Crippen LogP contribution in [0, 0.1) is 5.92 Å². The molecule has 152 valence electrons. The topological polar surface area (TPSA) is 0 Å². The Morgan fingerprint density at radius 1 is 0.778 bits per heavy atom. The molecule has 3 rings (SSSR count). The quantitative estimate of drug-likeness (QED) is 0.400. The molecule has 0 nitrogen and oxygen atoms in total. The minimum Gasteiger partial charge on any atom is -0.244 e. The minimum absolute atomic E-state index is 0.578. The van der Waals surface area contributed by atoms with Gasteiger partial charge in [0.05, 0.1) is 0 Å². The zero-order chi connectivity index (χ0) is 19.1. The summed E-state index contributed by atoms with van der Waals surface area (Å²) < 4.78 is 14.7. The van der Waals surface area contributed by atoms with Gasteiger partial charge >= 0.3 is 0 Å². The molecule has 0 N–H and O–H groups in total. The van der Waals surface area contributed by atoms with Gasteiger partial charge in [0, 0.05) is 0 Å². The maximum absolute atomic E-state index is 14.7. The molecule has 0 spiro atoms. The van der Waals surface area contributed by atoms with Crippen molar-refractivity contribution in [2.75, 3.05) is 0 Å². The number of hydrogen-bond donors (Lipinski definition) is 0. The maximum Gasteiger partial charge on any atom is 0.111 e. The number of rotatable bonds is 8. The maximum atomic E-state index is 14.7. The first-order valence-corrected chi connectivity index (χ1v) is 11.9. The van der Waals surface area contributed by atoms with Crippen molar-refractivity contribution in [3.8, 4) is 0 Å². The molecule has 1 aromatic rings. The predicted molar refractivity (Wildman–Crippen MR) is 115 cm³/mol. The summed E-state index contributed by atoms with van der Waals surface area (Å²) in [5.74, 6) is 2.34. The molecule has 0 radical (unpaired) electrons. The van der Waals surface area contributed by atoms with Crippen molar-refractivity contribution in [2.24, 2.45) is 5.92 Å². The van der Waals surface area contributed by atoms with Gasteiger partial charge in [-0.05, 0) is 86.7 Å². The summed E-state index contributed by atoms with van der Waals surface area (Å²) in [6.45, 7) is 4.40. The van der Waals surface area contributed by atoms with Crippen molar-refractivity contribution in [1.29, 1.82) is 0 Å². The first-order valence-electron chi connectivity index (χ1n) is 11.9. The molecule has 0 atom stereocenters. The summed E-state index contributed by atoms with van der Waals surface area (Å²) in [6, 6.07) is 9.50. The lowest BCUT2D eigenvalue weighted by Crippen LogP contribution is -2.28. The van der Waals surface area contributed by atoms with Gasteiger partial charge in [-0.3, -0.25) is 0 Å². The van der Waals surface area contributed by atoms with Gasteiger partial charge in [0.25, 0.3) is 0 Å². The highest BCUT2D eigenvalue weighted by atomic mass is 19.1. The van der Waals surface area contributed by atoms with Crippen molar-refractivity contribution in [3.05, 3.63) is 35.4 Å². The van der Waals surface area contributed by atoms with Gasteiger partial charge in [0.15, 0.2) is 0 Å². The van der Waals surface area contributed by atoms with Gasteiger partial charge in [-0.1, -0.05) is 70.2 Å². The summed E-state index contributed by atoms with van der Waals surface area (Å²) in [5.41, 5.74) is 2.12. The Bertz CT molecular complexity index is 530. The van der Waals surface area contributed by atoms with E-state index in [0.717, 1.165) is 50.4 Å². The van der Waals surface area contributed by atoms with Crippen LogP contribution < -0.4 is 0 Å². The van der Waals surface area contributed by atoms with Crippen molar-refractivity contribution in [3.63, 3.8) is 0 Å². The van der Waals surface area contributed by atoms with E-state index in [0.29, 0.717) is 5.92 Å². The van der Waals surface area contributed by atoms with Crippen molar-refractivity contribution in [1.82, 2.24) is 0 Å². The average molecular weight is 373 g/mol. The predicted octanol–water partition coefficient (Wildman–Crippen LogP) is 8.71. The molecule has 0 saturated heterocycles. The molecule has 0 aromatic heterocycles. The molecular weight excluding hydrogens is 331 g/mol. The SMILES string of the molecule is CCCCCC1CCC(c2ccc(C3CCC(F)(CCC)CC3)cc2)CC1. The van der Waals surface area contributed by atoms with Gasteiger partial charge in [-0.15, -0.1) is 0 Å². The Morgan fingerprint density at radius 3 is 1.85 bits per heavy atom. The molecule has 2 aliphatic carbocycles. The van der Waals surface area contributed by atoms with E-state index in [1.807, 2.05) is 0 Å². The Balaban J connectivity index is 1.47. The third-order valence-electron chi connectivity index (χ3n) is 7.52. The van der Waals surface area contributed by atoms with Crippen LogP contribution in [0.5, 0.6) is 0 Å². The fourth-order valence-electron chi connectivity index (χ4n) is 5.67. The zero-order valence-corrected chi connectivity index (χ0v) is 17.8. The van der Waals surface area contributed by atoms with E-state index in [-0.39, 0.29) is 0 Å². The first-order chi connectivity index (χ1) is 13.1. The lowest BCUT2D eigenvalue weighted by molar-refractivity contribution is 0.0874. The smallest absolute Gasteiger partial charge is 0.111 e. The minimum atomic E-state index is -0.874. The normalized spacial score (nSPS) is 31.7. The average Bonchev–Trinajstić information content (AvgIpc) is 2.70. The van der Waals surface area contributed by atoms with Crippen LogP contribution in [0.2, 0.25) is 0 Å². The van der Waals surface area contributed by atoms with E-state index < -0.39 is 5.67 Å². The van der Waals surface area contributed by atoms with E-state index in [2.05, 4.69) is 38.1 Å². The lowest BCUT2D eigenvalue weighted by Gasteiger charge is -2.34. The third-order valence-corrected chi connectivity index (χ3v) is 7.52. The molecule has 2 fully saturated rings. The Hall–Kier alpha value is -0.850. The van der Waals surface area contributed by atoms with Crippen molar-refractivity contribution in [2.45, 2.75) is 121 Å². The van der Waals surface area contributed by atoms with Gasteiger partial charge in [-0.25, -0.2) is 4.39 Å². The van der Waals surface area contributed by atoms with Crippen molar-refractivity contribution < 1.29 is 4.39 Å². The monoisotopic (exact) mass is 372 g/mol. The van der Waals surface area contributed by atoms with E-state index >= 15 is 0 Å². The number of hydrogen-bond acceptors (Lipinski definition) is 0. The molecule has 0 amide bonds. The summed E-state index contributed by atoms with van der Waals surface area (Å²) in [7, 11) is 0. The molecular formula is C26H41F. The van der Waals surface area contributed by atoms with Crippen LogP contribution in [0.15, 0.2) is 24.3 Å². The van der Waals surface area contributed by atoms with Crippen LogP contribution in [0.4, 0.5) is 4.39 Å². The third kappa shape index (κ3) is 5.81. The standard InChI is InChI=1S/C26H41F/c1-3-5-6-7-21-8-10-22(11-9-21)23-12-14-24(15-13-23)25-16-19-26(27,18-4-2)20-17-25/h12-15,21-22,25H,3-11,16-20H2,1-2H3. The second kappa shape index (κ2) is 10.1. The van der Waals surface area contributed by atoms with Crippen LogP contribution in [0.25, 0.3) is 0 Å². The van der Waals surface area contributed by atoms with Crippen LogP contribution in [-0.2, 0) is 0 Å². The molecule has 27 heavy (non-hydrogen) atoms. The molecule has 1 heteroatoms. The summed E-state index contributed by atoms with van der Waals surface area (Å²) in [4.78, 5) is 0. The van der Waals surface area contributed by atoms with E-state index in [9.17, 15) is 4.39 Å². The fourth-order valence-corrected chi connectivity index (χ4v) is 5.67. The summed E-state index contributed by atoms with van der Waals surface area (Å²) in [6.07, 6.45) is 16.5. The number of alkyl halides is 1. The zero-order valence-electron chi connectivity index (χ0n) is 17.8. The van der Waals surface area contributed by atoms with Gasteiger partial charge in [0.2, 0.25) is 0 Å². The fraction of sp³-hybridized carbons (Fsp3) is 0.769. The Labute approximate surface area is 167 Å². The Morgan fingerprint density at radius 2 is 1.33 bits per heavy atom. The first kappa shape index (κ1) is 20.9. The molecule has 0 unspecified atom stereocenters. The summed E-state index contributed by atoms with van der Waals surface area (Å²) >= 11 is 0. The van der Waals surface area contributed by atoms with Gasteiger partial charge < -0.3 is 0 Å². The highest BCUT2D eigenvalue weighted by Gasteiger charge is 2.34. The van der Waals surface area contributed by atoms with Crippen LogP contribution in [0.3, 0.4) is 0 Å². The van der Waals surface area contributed by atoms with Gasteiger partial charge in [0.1, 0.15) is 5.67 Å². The number of unbranched alkanes of at least 4 members (excludes halogenated alkanes) is 2. The Kier molecular flexibility index (Phi) is 7.79. The van der Waals surface area contributed by atoms with Crippen LogP contribution in [0.1, 0.15) is 127 Å². The van der Waals surface area contributed by atoms with Crippen LogP contribution in [-0.4, -0.2) is 5.67 Å². The molecule has 0 heterocycles. The molecule has 1 aromatic carbocycles. The van der Waals surface area contributed by atoms with Crippen molar-refractivity contribution >= 4 is 0 Å². The largest absolute Gasteiger partial charge is 0.244 e. The van der Waals surface area contributed by atoms with Gasteiger partial charge in [-0.2, -0.15) is 0 Å². The highest BCUT2D eigenvalue weighted by molar-refractivity contribution is 5.28. The molecule has 2 saturated carbocycles. The lowest BCUT2D eigenvalue weighted by atomic mass is 9.74. The molecule has 0 aliphatic heterocycles. The van der Waals surface area contributed by atoms with Crippen LogP contribution >= 0.6 is 0 Å². The molecule has 2 aliphatic rings.